The van der Waals surface area contributed by atoms with Crippen LogP contribution in [0.3, 0.4) is 0 Å². The average molecular weight is 711 g/mol. The van der Waals surface area contributed by atoms with Crippen LogP contribution in [0, 0.1) is 5.92 Å². The maximum absolute atomic E-state index is 12.4. The van der Waals surface area contributed by atoms with E-state index in [1.54, 1.807) is 41.5 Å². The molecule has 0 saturated heterocycles. The number of hydrogen-bond donors (Lipinski definition) is 2. The van der Waals surface area contributed by atoms with Crippen molar-refractivity contribution in [3.05, 3.63) is 0 Å². The normalized spacial score (nSPS) is 13.5. The second-order valence-corrected chi connectivity index (χ2v) is 15.4. The molecular formula is C34H66N2O11S. The first-order valence-electron chi connectivity index (χ1n) is 17.5. The molecule has 2 atom stereocenters. The van der Waals surface area contributed by atoms with Gasteiger partial charge in [0.25, 0.3) is 0 Å². The third-order valence-electron chi connectivity index (χ3n) is 7.28. The summed E-state index contributed by atoms with van der Waals surface area (Å²) in [5.74, 6) is -4.58. The second-order valence-electron chi connectivity index (χ2n) is 14.4. The van der Waals surface area contributed by atoms with Gasteiger partial charge < -0.3 is 28.9 Å². The van der Waals surface area contributed by atoms with Crippen molar-refractivity contribution in [2.24, 2.45) is 5.92 Å². The van der Waals surface area contributed by atoms with E-state index >= 15 is 0 Å². The van der Waals surface area contributed by atoms with Crippen molar-refractivity contribution in [1.82, 2.24) is 5.32 Å². The van der Waals surface area contributed by atoms with E-state index < -0.39 is 70.4 Å². The third-order valence-corrected chi connectivity index (χ3v) is 7.70. The number of Topliss-reactive ketones (excluding diaryl/α,β-unsaturated/α-hetero) is 1. The lowest BCUT2D eigenvalue weighted by molar-refractivity contribution is -0.929. The van der Waals surface area contributed by atoms with Crippen LogP contribution in [0.2, 0.25) is 0 Å². The van der Waals surface area contributed by atoms with Gasteiger partial charge in [0.15, 0.2) is 0 Å². The number of amides is 1. The standard InChI is InChI=1S/C18H31NO11S.C16H36N/c1-17(2,3)29-15(23)13(19-16(24)30-18(4,5)6)8-7-12(20)9-11(14(21)22)10-28-31(25,26)27;1-5-9-13-17(14-10-6-2,15-11-7-3)16-12-8-4/h11,13H,7-10H2,1-6H3,(H,19,24)(H,21,22)(H,25,26,27);5-16H2,1-4H3/q;+1/p-1/t11-,13-;/m0./s1. The molecule has 0 saturated carbocycles. The van der Waals surface area contributed by atoms with Gasteiger partial charge in [0.2, 0.25) is 10.4 Å². The van der Waals surface area contributed by atoms with Gasteiger partial charge in [-0.3, -0.25) is 13.8 Å². The highest BCUT2D eigenvalue weighted by Gasteiger charge is 2.30. The number of carbonyl (C=O) groups excluding carboxylic acids is 3. The van der Waals surface area contributed by atoms with E-state index in [2.05, 4.69) is 37.2 Å². The Morgan fingerprint density at radius 1 is 0.771 bits per heavy atom. The number of carboxylic acids is 1. The van der Waals surface area contributed by atoms with Gasteiger partial charge in [0.05, 0.1) is 38.7 Å². The number of rotatable bonds is 23. The van der Waals surface area contributed by atoms with Crippen LogP contribution >= 0.6 is 0 Å². The fourth-order valence-electron chi connectivity index (χ4n) is 4.78. The van der Waals surface area contributed by atoms with E-state index in [0.29, 0.717) is 0 Å². The summed E-state index contributed by atoms with van der Waals surface area (Å²) in [7, 11) is -5.12. The predicted octanol–water partition coefficient (Wildman–Crippen LogP) is 6.14. The molecule has 284 valence electrons. The van der Waals surface area contributed by atoms with Gasteiger partial charge in [-0.1, -0.05) is 53.4 Å². The molecule has 0 heterocycles. The lowest BCUT2D eigenvalue weighted by atomic mass is 9.99. The van der Waals surface area contributed by atoms with E-state index in [1.807, 2.05) is 0 Å². The summed E-state index contributed by atoms with van der Waals surface area (Å²) in [6, 6.07) is -1.25. The molecule has 1 amide bonds. The number of hydrogen-bond acceptors (Lipinski definition) is 10. The number of nitrogens with one attached hydrogen (secondary N) is 1. The molecule has 0 bridgehead atoms. The topological polar surface area (TPSA) is 185 Å². The van der Waals surface area contributed by atoms with Crippen molar-refractivity contribution in [3.8, 4) is 0 Å². The fraction of sp³-hybridized carbons (Fsp3) is 0.882. The molecule has 0 spiro atoms. The van der Waals surface area contributed by atoms with E-state index in [-0.39, 0.29) is 12.8 Å². The maximum atomic E-state index is 12.4. The molecule has 0 aliphatic rings. The number of ether oxygens (including phenoxy) is 2. The van der Waals surface area contributed by atoms with Crippen LogP contribution in [0.5, 0.6) is 0 Å². The maximum Gasteiger partial charge on any atom is 0.408 e. The number of carboxylic acid groups (broad SMARTS) is 1. The van der Waals surface area contributed by atoms with E-state index in [1.165, 1.54) is 82.0 Å². The van der Waals surface area contributed by atoms with Crippen molar-refractivity contribution < 1.29 is 55.4 Å². The number of esters is 1. The molecule has 0 aromatic rings. The summed E-state index contributed by atoms with van der Waals surface area (Å²) in [6.45, 7) is 23.7. The Balaban J connectivity index is 0. The van der Waals surface area contributed by atoms with Gasteiger partial charge in [-0.2, -0.15) is 0 Å². The summed E-state index contributed by atoms with van der Waals surface area (Å²) in [5.41, 5.74) is -1.71. The lowest BCUT2D eigenvalue weighted by Crippen LogP contribution is -2.50. The third kappa shape index (κ3) is 26.6. The zero-order valence-corrected chi connectivity index (χ0v) is 32.2. The molecule has 48 heavy (non-hydrogen) atoms. The Morgan fingerprint density at radius 2 is 1.19 bits per heavy atom. The molecular weight excluding hydrogens is 644 g/mol. The van der Waals surface area contributed by atoms with Gasteiger partial charge in [0, 0.05) is 12.8 Å². The Labute approximate surface area is 290 Å². The smallest absolute Gasteiger partial charge is 0.408 e. The Kier molecular flexibility index (Phi) is 23.9. The van der Waals surface area contributed by atoms with Gasteiger partial charge >= 0.3 is 18.0 Å². The van der Waals surface area contributed by atoms with E-state index in [0.717, 1.165) is 0 Å². The molecule has 0 unspecified atom stereocenters. The average Bonchev–Trinajstić information content (AvgIpc) is 2.94. The molecule has 14 heteroatoms. The molecule has 2 N–H and O–H groups in total. The summed E-state index contributed by atoms with van der Waals surface area (Å²) in [5, 5.41) is 11.4. The fourth-order valence-corrected chi connectivity index (χ4v) is 5.11. The number of unbranched alkanes of at least 4 members (excludes halogenated alkanes) is 4. The first-order valence-corrected chi connectivity index (χ1v) is 18.8. The molecule has 0 radical (unpaired) electrons. The number of carbonyl (C=O) groups is 4. The number of ketones is 1. The zero-order chi connectivity index (χ0) is 37.6. The van der Waals surface area contributed by atoms with Crippen LogP contribution in [0.15, 0.2) is 0 Å². The van der Waals surface area contributed by atoms with Crippen LogP contribution in [0.4, 0.5) is 4.79 Å². The molecule has 0 rings (SSSR count). The highest BCUT2D eigenvalue weighted by atomic mass is 32.3. The van der Waals surface area contributed by atoms with Crippen molar-refractivity contribution in [2.45, 2.75) is 157 Å². The SMILES string of the molecule is CC(C)(C)OC(=O)N[C@@H](CCC(=O)C[C@@H](COS(=O)(=O)[O-])C(=O)O)C(=O)OC(C)(C)C.CCCC[N+](CCCC)(CCCC)CCCC. The molecule has 13 nitrogen and oxygen atoms in total. The van der Waals surface area contributed by atoms with Gasteiger partial charge in [-0.05, 0) is 73.6 Å². The molecule has 0 fully saturated rings. The highest BCUT2D eigenvalue weighted by molar-refractivity contribution is 7.80. The van der Waals surface area contributed by atoms with Crippen LogP contribution < -0.4 is 5.32 Å². The largest absolute Gasteiger partial charge is 0.726 e. The predicted molar refractivity (Wildman–Crippen MR) is 184 cm³/mol. The minimum atomic E-state index is -5.12. The number of aliphatic carboxylic acids is 1. The monoisotopic (exact) mass is 710 g/mol. The van der Waals surface area contributed by atoms with E-state index in [4.69, 9.17) is 14.6 Å². The quantitative estimate of drug-likeness (QED) is 0.0537. The number of nitrogens with zero attached hydrogens (tertiary/aromatic N) is 1. The Morgan fingerprint density at radius 3 is 1.52 bits per heavy atom. The Hall–Kier alpha value is -2.29. The Bertz CT molecular complexity index is 1010. The number of quaternary nitrogens is 1. The van der Waals surface area contributed by atoms with Crippen LogP contribution in [-0.2, 0) is 38.4 Å². The summed E-state index contributed by atoms with van der Waals surface area (Å²) in [6.07, 6.45) is 8.95. The van der Waals surface area contributed by atoms with Crippen LogP contribution in [-0.4, -0.2) is 96.4 Å². The van der Waals surface area contributed by atoms with Crippen LogP contribution in [0.1, 0.15) is 140 Å². The molecule has 0 aliphatic carbocycles. The highest BCUT2D eigenvalue weighted by Crippen LogP contribution is 2.17. The number of alkyl carbamates (subject to hydrolysis) is 1. The van der Waals surface area contributed by atoms with Crippen molar-refractivity contribution in [1.29, 1.82) is 0 Å². The summed E-state index contributed by atoms with van der Waals surface area (Å²) in [4.78, 5) is 47.7. The first-order chi connectivity index (χ1) is 22.0. The second kappa shape index (κ2) is 24.0. The summed E-state index contributed by atoms with van der Waals surface area (Å²) < 4.78 is 47.1. The van der Waals surface area contributed by atoms with Gasteiger partial charge in [0.1, 0.15) is 23.0 Å². The van der Waals surface area contributed by atoms with Crippen molar-refractivity contribution in [2.75, 3.05) is 32.8 Å². The zero-order valence-electron chi connectivity index (χ0n) is 31.4. The molecule has 0 aromatic carbocycles. The molecule has 0 aromatic heterocycles. The lowest BCUT2D eigenvalue weighted by Gasteiger charge is -2.39. The van der Waals surface area contributed by atoms with Crippen LogP contribution in [0.25, 0.3) is 0 Å². The summed E-state index contributed by atoms with van der Waals surface area (Å²) >= 11 is 0. The van der Waals surface area contributed by atoms with E-state index in [9.17, 15) is 32.1 Å². The van der Waals surface area contributed by atoms with Crippen molar-refractivity contribution >= 4 is 34.2 Å². The van der Waals surface area contributed by atoms with Crippen molar-refractivity contribution in [3.63, 3.8) is 0 Å². The van der Waals surface area contributed by atoms with Gasteiger partial charge in [-0.25, -0.2) is 18.0 Å². The van der Waals surface area contributed by atoms with Gasteiger partial charge in [-0.15, -0.1) is 0 Å². The molecule has 0 aliphatic heterocycles. The minimum Gasteiger partial charge on any atom is -0.726 e. The minimum absolute atomic E-state index is 0.222. The first kappa shape index (κ1) is 47.8.